The maximum atomic E-state index is 13.7. The number of carboxylic acids is 1. The van der Waals surface area contributed by atoms with Gasteiger partial charge in [0.15, 0.2) is 0 Å². The normalized spacial score (nSPS) is 18.5. The van der Waals surface area contributed by atoms with E-state index in [1.165, 1.54) is 6.07 Å². The van der Waals surface area contributed by atoms with Crippen LogP contribution in [0.1, 0.15) is 11.7 Å². The second kappa shape index (κ2) is 7.42. The number of carboxylic acid groups (broad SMARTS) is 1. The molecule has 1 fully saturated rings. The lowest BCUT2D eigenvalue weighted by Gasteiger charge is -2.33. The van der Waals surface area contributed by atoms with Crippen molar-refractivity contribution in [3.63, 3.8) is 0 Å². The van der Waals surface area contributed by atoms with Gasteiger partial charge < -0.3 is 14.7 Å². The lowest BCUT2D eigenvalue weighted by molar-refractivity contribution is -0.136. The molecule has 114 valence electrons. The van der Waals surface area contributed by atoms with Crippen molar-refractivity contribution in [2.24, 2.45) is 0 Å². The minimum absolute atomic E-state index is 0.104. The van der Waals surface area contributed by atoms with E-state index in [2.05, 4.69) is 0 Å². The predicted octanol–water partition coefficient (Wildman–Crippen LogP) is 1.54. The molecule has 1 aromatic rings. The zero-order valence-corrected chi connectivity index (χ0v) is 12.1. The van der Waals surface area contributed by atoms with Crippen LogP contribution in [0.5, 0.6) is 0 Å². The predicted molar refractivity (Wildman–Crippen MR) is 76.6 cm³/mol. The fourth-order valence-electron chi connectivity index (χ4n) is 2.12. The molecule has 0 bridgehead atoms. The van der Waals surface area contributed by atoms with Crippen molar-refractivity contribution in [1.29, 1.82) is 0 Å². The Kier molecular flexibility index (Phi) is 5.58. The van der Waals surface area contributed by atoms with Gasteiger partial charge in [0.2, 0.25) is 5.91 Å². The molecule has 5 nitrogen and oxygen atoms in total. The standard InChI is InChI=1S/C14H16FNO4S/c15-11-4-2-1-3-10(11)12-7-16(5-6-20-12)13(17)8-21-9-14(18)19/h1-4,12H,5-9H2,(H,18,19). The smallest absolute Gasteiger partial charge is 0.313 e. The van der Waals surface area contributed by atoms with Gasteiger partial charge in [-0.2, -0.15) is 0 Å². The molecule has 1 N–H and O–H groups in total. The van der Waals surface area contributed by atoms with Crippen molar-refractivity contribution in [3.05, 3.63) is 35.6 Å². The van der Waals surface area contributed by atoms with Crippen LogP contribution in [0.3, 0.4) is 0 Å². The van der Waals surface area contributed by atoms with Crippen LogP contribution in [0.4, 0.5) is 4.39 Å². The third-order valence-electron chi connectivity index (χ3n) is 3.12. The third kappa shape index (κ3) is 4.44. The summed E-state index contributed by atoms with van der Waals surface area (Å²) in [5.74, 6) is -1.44. The van der Waals surface area contributed by atoms with E-state index in [0.29, 0.717) is 18.7 Å². The molecule has 1 aliphatic heterocycles. The Bertz CT molecular complexity index is 525. The summed E-state index contributed by atoms with van der Waals surface area (Å²) in [5.41, 5.74) is 0.438. The Hall–Kier alpha value is -1.60. The molecule has 21 heavy (non-hydrogen) atoms. The van der Waals surface area contributed by atoms with Crippen LogP contribution in [-0.4, -0.2) is 53.1 Å². The molecule has 1 aromatic carbocycles. The number of rotatable bonds is 5. The number of nitrogens with zero attached hydrogens (tertiary/aromatic N) is 1. The van der Waals surface area contributed by atoms with Gasteiger partial charge in [0.25, 0.3) is 0 Å². The van der Waals surface area contributed by atoms with Crippen molar-refractivity contribution in [2.75, 3.05) is 31.2 Å². The van der Waals surface area contributed by atoms with Gasteiger partial charge >= 0.3 is 5.97 Å². The van der Waals surface area contributed by atoms with Crippen molar-refractivity contribution >= 4 is 23.6 Å². The van der Waals surface area contributed by atoms with E-state index in [4.69, 9.17) is 9.84 Å². The van der Waals surface area contributed by atoms with Gasteiger partial charge in [-0.05, 0) is 6.07 Å². The zero-order valence-electron chi connectivity index (χ0n) is 11.3. The van der Waals surface area contributed by atoms with Gasteiger partial charge in [-0.1, -0.05) is 18.2 Å². The maximum Gasteiger partial charge on any atom is 0.313 e. The SMILES string of the molecule is O=C(O)CSCC(=O)N1CCOC(c2ccccc2F)C1. The van der Waals surface area contributed by atoms with E-state index < -0.39 is 12.1 Å². The first-order valence-corrected chi connectivity index (χ1v) is 7.66. The first-order chi connectivity index (χ1) is 10.1. The number of carbonyl (C=O) groups is 2. The number of carbonyl (C=O) groups excluding carboxylic acids is 1. The summed E-state index contributed by atoms with van der Waals surface area (Å²) in [5, 5.41) is 8.55. The fourth-order valence-corrected chi connectivity index (χ4v) is 2.75. The third-order valence-corrected chi connectivity index (χ3v) is 4.02. The molecule has 1 aliphatic rings. The summed E-state index contributed by atoms with van der Waals surface area (Å²) in [6.07, 6.45) is -0.478. The first-order valence-electron chi connectivity index (χ1n) is 6.51. The lowest BCUT2D eigenvalue weighted by atomic mass is 10.1. The number of ether oxygens (including phenoxy) is 1. The second-order valence-corrected chi connectivity index (χ2v) is 5.59. The van der Waals surface area contributed by atoms with Gasteiger partial charge in [0.05, 0.1) is 24.7 Å². The number of hydrogen-bond donors (Lipinski definition) is 1. The molecule has 7 heteroatoms. The van der Waals surface area contributed by atoms with E-state index in [1.54, 1.807) is 23.1 Å². The van der Waals surface area contributed by atoms with Crippen LogP contribution in [0.2, 0.25) is 0 Å². The number of hydrogen-bond acceptors (Lipinski definition) is 4. The van der Waals surface area contributed by atoms with Crippen LogP contribution in [0, 0.1) is 5.82 Å². The van der Waals surface area contributed by atoms with Gasteiger partial charge in [-0.15, -0.1) is 11.8 Å². The summed E-state index contributed by atoms with van der Waals surface area (Å²) >= 11 is 1.06. The van der Waals surface area contributed by atoms with Crippen LogP contribution >= 0.6 is 11.8 Å². The van der Waals surface area contributed by atoms with E-state index in [9.17, 15) is 14.0 Å². The molecule has 0 spiro atoms. The fraction of sp³-hybridized carbons (Fsp3) is 0.429. The molecular formula is C14H16FNO4S. The summed E-state index contributed by atoms with van der Waals surface area (Å²) < 4.78 is 19.3. The minimum Gasteiger partial charge on any atom is -0.481 e. The highest BCUT2D eigenvalue weighted by Gasteiger charge is 2.26. The van der Waals surface area contributed by atoms with Crippen LogP contribution < -0.4 is 0 Å². The van der Waals surface area contributed by atoms with E-state index >= 15 is 0 Å². The number of benzene rings is 1. The van der Waals surface area contributed by atoms with Crippen molar-refractivity contribution in [3.8, 4) is 0 Å². The van der Waals surface area contributed by atoms with Crippen LogP contribution in [0.25, 0.3) is 0 Å². The van der Waals surface area contributed by atoms with Gasteiger partial charge in [-0.25, -0.2) is 4.39 Å². The summed E-state index contributed by atoms with van der Waals surface area (Å²) in [4.78, 5) is 24.0. The van der Waals surface area contributed by atoms with Crippen molar-refractivity contribution < 1.29 is 23.8 Å². The van der Waals surface area contributed by atoms with E-state index in [0.717, 1.165) is 11.8 Å². The second-order valence-electron chi connectivity index (χ2n) is 4.61. The lowest BCUT2D eigenvalue weighted by Crippen LogP contribution is -2.43. The molecule has 0 aromatic heterocycles. The summed E-state index contributed by atoms with van der Waals surface area (Å²) in [7, 11) is 0. The number of thioether (sulfide) groups is 1. The van der Waals surface area contributed by atoms with Crippen molar-refractivity contribution in [1.82, 2.24) is 4.90 Å². The highest BCUT2D eigenvalue weighted by Crippen LogP contribution is 2.24. The molecule has 0 saturated carbocycles. The molecule has 1 amide bonds. The highest BCUT2D eigenvalue weighted by molar-refractivity contribution is 8.00. The zero-order chi connectivity index (χ0) is 15.2. The molecule has 1 heterocycles. The van der Waals surface area contributed by atoms with E-state index in [-0.39, 0.29) is 29.8 Å². The van der Waals surface area contributed by atoms with Gasteiger partial charge in [0, 0.05) is 12.1 Å². The maximum absolute atomic E-state index is 13.7. The molecule has 1 saturated heterocycles. The molecule has 2 rings (SSSR count). The molecular weight excluding hydrogens is 297 g/mol. The highest BCUT2D eigenvalue weighted by atomic mass is 32.2. The topological polar surface area (TPSA) is 66.8 Å². The van der Waals surface area contributed by atoms with Crippen molar-refractivity contribution in [2.45, 2.75) is 6.10 Å². The molecule has 1 unspecified atom stereocenters. The van der Waals surface area contributed by atoms with Crippen LogP contribution in [0.15, 0.2) is 24.3 Å². The molecule has 1 atom stereocenters. The largest absolute Gasteiger partial charge is 0.481 e. The van der Waals surface area contributed by atoms with E-state index in [1.807, 2.05) is 0 Å². The number of morpholine rings is 1. The average Bonchev–Trinajstić information content (AvgIpc) is 2.47. The first kappa shape index (κ1) is 15.8. The Labute approximate surface area is 126 Å². The Morgan fingerprint density at radius 1 is 1.38 bits per heavy atom. The number of amides is 1. The Morgan fingerprint density at radius 2 is 2.14 bits per heavy atom. The summed E-state index contributed by atoms with van der Waals surface area (Å²) in [6, 6.07) is 6.34. The quantitative estimate of drug-likeness (QED) is 0.893. The Morgan fingerprint density at radius 3 is 2.86 bits per heavy atom. The molecule has 0 radical (unpaired) electrons. The average molecular weight is 313 g/mol. The van der Waals surface area contributed by atoms with Gasteiger partial charge in [0.1, 0.15) is 11.9 Å². The van der Waals surface area contributed by atoms with Gasteiger partial charge in [-0.3, -0.25) is 9.59 Å². The Balaban J connectivity index is 1.93. The minimum atomic E-state index is -0.945. The molecule has 0 aliphatic carbocycles. The number of halogens is 1. The monoisotopic (exact) mass is 313 g/mol. The summed E-state index contributed by atoms with van der Waals surface area (Å²) in [6.45, 7) is 1.07. The number of aliphatic carboxylic acids is 1. The van der Waals surface area contributed by atoms with Crippen LogP contribution in [-0.2, 0) is 14.3 Å².